The number of aliphatic hydroxyl groups is 2. The highest BCUT2D eigenvalue weighted by atomic mass is 19.3. The zero-order valence-corrected chi connectivity index (χ0v) is 32.5. The van der Waals surface area contributed by atoms with Crippen LogP contribution in [0.1, 0.15) is 58.6 Å². The SMILES string of the molecule is CC(C)c1cc(C(=N)N(C(N)=O)c2ccc(CN3CCN(C(=O)c4ccc(COC(=O)Nc5ccn([C@@H]6O[C@H](CO)[C@H](O)C6(F)F)c(=O)n5)cc4)CC3)cc2)c(O)cc1O. The lowest BCUT2D eigenvalue weighted by molar-refractivity contribution is -0.140. The molecular weight excluding hydrogens is 790 g/mol. The number of alkyl halides is 2. The number of phenolic OH excluding ortho intramolecular Hbond substituents is 2. The minimum absolute atomic E-state index is 0.0380. The third kappa shape index (κ3) is 9.20. The number of amidine groups is 1. The third-order valence-electron chi connectivity index (χ3n) is 10.2. The highest BCUT2D eigenvalue weighted by Crippen LogP contribution is 2.42. The molecule has 2 fully saturated rings. The highest BCUT2D eigenvalue weighted by Gasteiger charge is 2.59. The van der Waals surface area contributed by atoms with Crippen molar-refractivity contribution >= 4 is 35.4 Å². The Morgan fingerprint density at radius 1 is 1.02 bits per heavy atom. The molecule has 60 heavy (non-hydrogen) atoms. The largest absolute Gasteiger partial charge is 0.508 e. The summed E-state index contributed by atoms with van der Waals surface area (Å²) in [5.41, 5.74) is 7.20. The number of aliphatic hydroxyl groups excluding tert-OH is 2. The van der Waals surface area contributed by atoms with E-state index in [4.69, 9.17) is 20.6 Å². The zero-order valence-electron chi connectivity index (χ0n) is 32.5. The second-order valence-electron chi connectivity index (χ2n) is 14.6. The van der Waals surface area contributed by atoms with Crippen molar-refractivity contribution in [1.82, 2.24) is 19.4 Å². The summed E-state index contributed by atoms with van der Waals surface area (Å²) in [5, 5.41) is 50.5. The van der Waals surface area contributed by atoms with Gasteiger partial charge >= 0.3 is 23.7 Å². The number of nitrogens with two attached hydrogens (primary N) is 1. The van der Waals surface area contributed by atoms with Gasteiger partial charge in [0.25, 0.3) is 5.91 Å². The standard InChI is InChI=1S/C40H44F2N8O10/c1-22(2)27-17-28(30(53)18-29(27)52)34(43)50(37(44)56)26-9-5-23(6-10-26)19-47-13-15-48(16-14-47)35(55)25-7-3-24(4-8-25)21-59-39(58)46-32-11-12-49(38(57)45-32)36-40(41,42)33(54)31(20-51)60-36/h3-12,17-18,22,31,33,36,43,51-54H,13-16,19-21H2,1-2H3,(H2,44,56)(H,45,46,57,58)/t31-,33+,36-/m1/s1. The molecule has 2 aliphatic heterocycles. The van der Waals surface area contributed by atoms with Gasteiger partial charge < -0.3 is 40.5 Å². The number of aromatic nitrogens is 2. The van der Waals surface area contributed by atoms with Gasteiger partial charge in [0.05, 0.1) is 17.9 Å². The maximum Gasteiger partial charge on any atom is 0.413 e. The molecule has 8 N–H and O–H groups in total. The van der Waals surface area contributed by atoms with Gasteiger partial charge in [0.2, 0.25) is 6.23 Å². The van der Waals surface area contributed by atoms with Crippen LogP contribution >= 0.6 is 0 Å². The van der Waals surface area contributed by atoms with E-state index < -0.39 is 48.8 Å². The van der Waals surface area contributed by atoms with Crippen LogP contribution in [0.5, 0.6) is 11.5 Å². The van der Waals surface area contributed by atoms with E-state index in [0.717, 1.165) is 28.8 Å². The fourth-order valence-electron chi connectivity index (χ4n) is 6.85. The van der Waals surface area contributed by atoms with Crippen LogP contribution in [-0.2, 0) is 22.6 Å². The van der Waals surface area contributed by atoms with Crippen molar-refractivity contribution in [3.05, 3.63) is 111 Å². The molecule has 18 nitrogen and oxygen atoms in total. The van der Waals surface area contributed by atoms with E-state index in [-0.39, 0.29) is 47.1 Å². The van der Waals surface area contributed by atoms with Gasteiger partial charge in [-0.15, -0.1) is 0 Å². The first-order chi connectivity index (χ1) is 28.5. The van der Waals surface area contributed by atoms with Gasteiger partial charge in [-0.3, -0.25) is 25.0 Å². The number of nitrogens with zero attached hydrogens (tertiary/aromatic N) is 5. The lowest BCUT2D eigenvalue weighted by atomic mass is 9.98. The van der Waals surface area contributed by atoms with Crippen molar-refractivity contribution in [2.75, 3.05) is 43.0 Å². The van der Waals surface area contributed by atoms with Gasteiger partial charge in [-0.2, -0.15) is 13.8 Å². The summed E-state index contributed by atoms with van der Waals surface area (Å²) >= 11 is 0. The Morgan fingerprint density at radius 2 is 1.67 bits per heavy atom. The van der Waals surface area contributed by atoms with Gasteiger partial charge in [-0.05, 0) is 59.0 Å². The molecule has 20 heteroatoms. The number of rotatable bonds is 11. The van der Waals surface area contributed by atoms with E-state index in [1.165, 1.54) is 6.07 Å². The first-order valence-corrected chi connectivity index (χ1v) is 18.8. The van der Waals surface area contributed by atoms with Crippen molar-refractivity contribution in [2.24, 2.45) is 5.73 Å². The van der Waals surface area contributed by atoms with Crippen molar-refractivity contribution in [3.63, 3.8) is 0 Å². The van der Waals surface area contributed by atoms with E-state index in [2.05, 4.69) is 15.2 Å². The molecule has 0 unspecified atom stereocenters. The second kappa shape index (κ2) is 17.8. The summed E-state index contributed by atoms with van der Waals surface area (Å²) in [6.07, 6.45) is -6.26. The van der Waals surface area contributed by atoms with Crippen LogP contribution in [0.4, 0.5) is 29.9 Å². The Bertz CT molecular complexity index is 2300. The number of hydrogen-bond donors (Lipinski definition) is 7. The molecule has 0 spiro atoms. The summed E-state index contributed by atoms with van der Waals surface area (Å²) in [7, 11) is 0. The Hall–Kier alpha value is -6.48. The quantitative estimate of drug-likeness (QED) is 0.0849. The number of halogens is 2. The fourth-order valence-corrected chi connectivity index (χ4v) is 6.85. The van der Waals surface area contributed by atoms with Gasteiger partial charge in [0.15, 0.2) is 6.10 Å². The van der Waals surface area contributed by atoms with Crippen LogP contribution in [0.3, 0.4) is 0 Å². The number of amides is 4. The van der Waals surface area contributed by atoms with Gasteiger partial charge in [0.1, 0.15) is 35.9 Å². The molecule has 2 aliphatic rings. The molecule has 3 aromatic carbocycles. The summed E-state index contributed by atoms with van der Waals surface area (Å²) in [6.45, 7) is 5.25. The van der Waals surface area contributed by atoms with Crippen molar-refractivity contribution in [2.45, 2.75) is 57.3 Å². The van der Waals surface area contributed by atoms with E-state index in [0.29, 0.717) is 59.7 Å². The topological polar surface area (TPSA) is 257 Å². The number of ether oxygens (including phenoxy) is 2. The Morgan fingerprint density at radius 3 is 2.25 bits per heavy atom. The number of primary amides is 1. The summed E-state index contributed by atoms with van der Waals surface area (Å²) in [6, 6.07) is 16.1. The van der Waals surface area contributed by atoms with Crippen LogP contribution in [0, 0.1) is 5.41 Å². The van der Waals surface area contributed by atoms with Gasteiger partial charge in [0, 0.05) is 50.6 Å². The maximum atomic E-state index is 14.4. The predicted octanol–water partition coefficient (Wildman–Crippen LogP) is 3.28. The van der Waals surface area contributed by atoms with E-state index in [9.17, 15) is 48.4 Å². The minimum Gasteiger partial charge on any atom is -0.508 e. The van der Waals surface area contributed by atoms with E-state index in [1.54, 1.807) is 53.4 Å². The molecule has 0 saturated carbocycles. The molecule has 318 valence electrons. The number of anilines is 2. The zero-order chi connectivity index (χ0) is 43.5. The number of phenols is 2. The summed E-state index contributed by atoms with van der Waals surface area (Å²) in [4.78, 5) is 59.0. The van der Waals surface area contributed by atoms with Gasteiger partial charge in [-0.1, -0.05) is 38.1 Å². The molecule has 0 radical (unpaired) electrons. The second-order valence-corrected chi connectivity index (χ2v) is 14.6. The number of piperazine rings is 1. The number of urea groups is 1. The first-order valence-electron chi connectivity index (χ1n) is 18.8. The van der Waals surface area contributed by atoms with E-state index in [1.807, 2.05) is 13.8 Å². The Balaban J connectivity index is 0.966. The van der Waals surface area contributed by atoms with E-state index >= 15 is 0 Å². The lowest BCUT2D eigenvalue weighted by Crippen LogP contribution is -2.48. The molecule has 1 aromatic heterocycles. The highest BCUT2D eigenvalue weighted by molar-refractivity contribution is 6.22. The lowest BCUT2D eigenvalue weighted by Gasteiger charge is -2.35. The molecular formula is C40H44F2N8O10. The average Bonchev–Trinajstić information content (AvgIpc) is 3.44. The molecule has 2 saturated heterocycles. The predicted molar refractivity (Wildman–Crippen MR) is 211 cm³/mol. The maximum absolute atomic E-state index is 14.4. The van der Waals surface area contributed by atoms with Crippen LogP contribution in [0.2, 0.25) is 0 Å². The minimum atomic E-state index is -3.89. The third-order valence-corrected chi connectivity index (χ3v) is 10.2. The monoisotopic (exact) mass is 834 g/mol. The molecule has 3 heterocycles. The Kier molecular flexibility index (Phi) is 12.8. The molecule has 6 rings (SSSR count). The molecule has 3 atom stereocenters. The molecule has 4 amide bonds. The number of aromatic hydroxyl groups is 2. The van der Waals surface area contributed by atoms with Crippen molar-refractivity contribution < 1.29 is 53.1 Å². The molecule has 4 aromatic rings. The van der Waals surface area contributed by atoms with Crippen LogP contribution in [0.25, 0.3) is 0 Å². The first kappa shape index (κ1) is 43.1. The van der Waals surface area contributed by atoms with Crippen LogP contribution < -0.4 is 21.6 Å². The smallest absolute Gasteiger partial charge is 0.413 e. The Labute approximate surface area is 341 Å². The van der Waals surface area contributed by atoms with Crippen LogP contribution in [0.15, 0.2) is 77.7 Å². The number of carbonyl (C=O) groups is 3. The normalized spacial score (nSPS) is 18.9. The number of nitrogens with one attached hydrogen (secondary N) is 2. The van der Waals surface area contributed by atoms with Crippen LogP contribution in [-0.4, -0.2) is 115 Å². The molecule has 0 bridgehead atoms. The number of benzene rings is 3. The number of hydrogen-bond acceptors (Lipinski definition) is 13. The van der Waals surface area contributed by atoms with Gasteiger partial charge in [-0.25, -0.2) is 19.3 Å². The molecule has 0 aliphatic carbocycles. The fraction of sp³-hybridized carbons (Fsp3) is 0.350. The van der Waals surface area contributed by atoms with Crippen molar-refractivity contribution in [1.29, 1.82) is 5.41 Å². The average molecular weight is 835 g/mol. The summed E-state index contributed by atoms with van der Waals surface area (Å²) in [5.74, 6) is -5.31. The number of carbonyl (C=O) groups excluding carboxylic acids is 3. The van der Waals surface area contributed by atoms with Crippen molar-refractivity contribution in [3.8, 4) is 11.5 Å². The summed E-state index contributed by atoms with van der Waals surface area (Å²) < 4.78 is 39.4.